The minimum absolute atomic E-state index is 0.00250. The summed E-state index contributed by atoms with van der Waals surface area (Å²) >= 11 is 0. The van der Waals surface area contributed by atoms with Gasteiger partial charge in [-0.25, -0.2) is 0 Å². The van der Waals surface area contributed by atoms with Crippen LogP contribution in [0.5, 0.6) is 0 Å². The number of carbonyl (C=O) groups is 2. The summed E-state index contributed by atoms with van der Waals surface area (Å²) in [6, 6.07) is 8.34. The molecule has 30 heavy (non-hydrogen) atoms. The van der Waals surface area contributed by atoms with Crippen molar-refractivity contribution in [2.45, 2.75) is 83.5 Å². The Hall–Kier alpha value is -1.88. The molecule has 6 rings (SSSR count). The van der Waals surface area contributed by atoms with Crippen LogP contribution in [-0.4, -0.2) is 34.3 Å². The smallest absolute Gasteiger partial charge is 0.237 e. The van der Waals surface area contributed by atoms with E-state index in [4.69, 9.17) is 0 Å². The van der Waals surface area contributed by atoms with Crippen molar-refractivity contribution in [2.75, 3.05) is 6.54 Å². The van der Waals surface area contributed by atoms with Crippen LogP contribution in [-0.2, 0) is 22.7 Å². The zero-order valence-corrected chi connectivity index (χ0v) is 18.6. The number of rotatable bonds is 4. The molecule has 0 spiro atoms. The highest BCUT2D eigenvalue weighted by Gasteiger charge is 2.58. The van der Waals surface area contributed by atoms with Crippen LogP contribution in [0.4, 0.5) is 0 Å². The molecule has 0 aromatic heterocycles. The zero-order chi connectivity index (χ0) is 21.1. The van der Waals surface area contributed by atoms with Crippen molar-refractivity contribution in [3.8, 4) is 0 Å². The van der Waals surface area contributed by atoms with Crippen LogP contribution in [0.25, 0.3) is 0 Å². The second-order valence-corrected chi connectivity index (χ2v) is 11.6. The van der Waals surface area contributed by atoms with Crippen LogP contribution >= 0.6 is 0 Å². The summed E-state index contributed by atoms with van der Waals surface area (Å²) < 4.78 is 0. The summed E-state index contributed by atoms with van der Waals surface area (Å²) in [6.45, 7) is 7.81. The van der Waals surface area contributed by atoms with E-state index < -0.39 is 0 Å². The summed E-state index contributed by atoms with van der Waals surface area (Å²) in [5, 5.41) is 7.19. The van der Waals surface area contributed by atoms with Gasteiger partial charge in [-0.2, -0.15) is 0 Å². The molecular formula is C25H35N3O2. The zero-order valence-electron chi connectivity index (χ0n) is 18.6. The van der Waals surface area contributed by atoms with Crippen molar-refractivity contribution >= 4 is 11.8 Å². The lowest BCUT2D eigenvalue weighted by Gasteiger charge is -2.62. The molecule has 0 radical (unpaired) electrons. The second-order valence-electron chi connectivity index (χ2n) is 11.6. The fourth-order valence-electron chi connectivity index (χ4n) is 6.93. The van der Waals surface area contributed by atoms with Crippen LogP contribution in [0, 0.1) is 17.3 Å². The molecule has 1 aromatic carbocycles. The van der Waals surface area contributed by atoms with Crippen molar-refractivity contribution in [1.82, 2.24) is 15.5 Å². The number of nitrogens with zero attached hydrogens (tertiary/aromatic N) is 1. The molecule has 4 aliphatic carbocycles. The fraction of sp³-hybridized carbons (Fsp3) is 0.680. The molecule has 2 unspecified atom stereocenters. The van der Waals surface area contributed by atoms with Crippen molar-refractivity contribution in [1.29, 1.82) is 0 Å². The van der Waals surface area contributed by atoms with E-state index in [0.29, 0.717) is 18.4 Å². The molecule has 2 atom stereocenters. The van der Waals surface area contributed by atoms with Crippen molar-refractivity contribution in [3.05, 3.63) is 35.4 Å². The molecule has 5 nitrogen and oxygen atoms in total. The average Bonchev–Trinajstić information content (AvgIpc) is 3.08. The maximum Gasteiger partial charge on any atom is 0.237 e. The Labute approximate surface area is 180 Å². The Balaban J connectivity index is 1.26. The molecule has 162 valence electrons. The van der Waals surface area contributed by atoms with Crippen LogP contribution in [0.2, 0.25) is 0 Å². The van der Waals surface area contributed by atoms with Gasteiger partial charge in [-0.3, -0.25) is 9.59 Å². The van der Waals surface area contributed by atoms with Gasteiger partial charge in [-0.15, -0.1) is 0 Å². The van der Waals surface area contributed by atoms with Crippen molar-refractivity contribution < 1.29 is 9.59 Å². The van der Waals surface area contributed by atoms with E-state index in [1.165, 1.54) is 17.5 Å². The highest BCUT2D eigenvalue weighted by molar-refractivity contribution is 5.82. The SMILES string of the molecule is CC(C)(C)C(=O)NC12CC3CC(CC(NCC(=O)N4Cc5ccccc5C4)(C3)C1)C2. The van der Waals surface area contributed by atoms with Gasteiger partial charge in [-0.05, 0) is 61.5 Å². The first-order chi connectivity index (χ1) is 14.2. The lowest BCUT2D eigenvalue weighted by atomic mass is 9.49. The molecule has 4 saturated carbocycles. The first-order valence-electron chi connectivity index (χ1n) is 11.6. The average molecular weight is 410 g/mol. The molecule has 1 heterocycles. The first-order valence-corrected chi connectivity index (χ1v) is 11.6. The van der Waals surface area contributed by atoms with Crippen LogP contribution in [0.15, 0.2) is 24.3 Å². The van der Waals surface area contributed by atoms with E-state index in [2.05, 4.69) is 22.8 Å². The van der Waals surface area contributed by atoms with Crippen molar-refractivity contribution in [3.63, 3.8) is 0 Å². The third-order valence-electron chi connectivity index (χ3n) is 7.93. The van der Waals surface area contributed by atoms with Crippen LogP contribution in [0.1, 0.15) is 70.4 Å². The number of amides is 2. The van der Waals surface area contributed by atoms with E-state index in [-0.39, 0.29) is 28.3 Å². The number of fused-ring (bicyclic) bond motifs is 1. The van der Waals surface area contributed by atoms with Gasteiger partial charge in [-0.1, -0.05) is 45.0 Å². The summed E-state index contributed by atoms with van der Waals surface area (Å²) in [4.78, 5) is 27.8. The van der Waals surface area contributed by atoms with Gasteiger partial charge >= 0.3 is 0 Å². The van der Waals surface area contributed by atoms with Gasteiger partial charge in [0, 0.05) is 29.6 Å². The molecule has 1 aromatic rings. The van der Waals surface area contributed by atoms with Gasteiger partial charge in [0.15, 0.2) is 0 Å². The molecular weight excluding hydrogens is 374 g/mol. The molecule has 4 fully saturated rings. The molecule has 2 amide bonds. The standard InChI is InChI=1S/C25H35N3O2/c1-23(2,3)22(30)27-25-11-17-8-18(12-25)10-24(9-17,16-25)26-13-21(29)28-14-19-6-4-5-7-20(19)15-28/h4-7,17-18,26H,8-16H2,1-3H3,(H,27,30). The predicted molar refractivity (Wildman–Crippen MR) is 116 cm³/mol. The van der Waals surface area contributed by atoms with Gasteiger partial charge in [0.05, 0.1) is 6.54 Å². The lowest BCUT2D eigenvalue weighted by molar-refractivity contribution is -0.137. The molecule has 1 aliphatic heterocycles. The van der Waals surface area contributed by atoms with Gasteiger partial charge in [0.25, 0.3) is 0 Å². The van der Waals surface area contributed by atoms with E-state index >= 15 is 0 Å². The number of carbonyl (C=O) groups excluding carboxylic acids is 2. The van der Waals surface area contributed by atoms with Crippen molar-refractivity contribution in [2.24, 2.45) is 17.3 Å². The summed E-state index contributed by atoms with van der Waals surface area (Å²) in [5.74, 6) is 1.66. The van der Waals surface area contributed by atoms with E-state index in [9.17, 15) is 9.59 Å². The maximum absolute atomic E-state index is 13.0. The monoisotopic (exact) mass is 409 g/mol. The fourth-order valence-corrected chi connectivity index (χ4v) is 6.93. The number of hydrogen-bond acceptors (Lipinski definition) is 3. The third kappa shape index (κ3) is 3.55. The molecule has 0 saturated heterocycles. The lowest BCUT2D eigenvalue weighted by Crippen LogP contribution is -2.70. The second kappa shape index (κ2) is 6.81. The van der Waals surface area contributed by atoms with E-state index in [1.54, 1.807) is 0 Å². The number of nitrogens with one attached hydrogen (secondary N) is 2. The topological polar surface area (TPSA) is 61.4 Å². The Morgan fingerprint density at radius 2 is 1.57 bits per heavy atom. The normalized spacial score (nSPS) is 34.2. The van der Waals surface area contributed by atoms with Gasteiger partial charge in [0.2, 0.25) is 11.8 Å². The molecule has 4 bridgehead atoms. The van der Waals surface area contributed by atoms with E-state index in [0.717, 1.165) is 45.2 Å². The first kappa shape index (κ1) is 20.0. The minimum atomic E-state index is -0.370. The largest absolute Gasteiger partial charge is 0.350 e. The molecule has 5 aliphatic rings. The predicted octanol–water partition coefficient (Wildman–Crippen LogP) is 3.37. The maximum atomic E-state index is 13.0. The Bertz CT molecular complexity index is 832. The summed E-state index contributed by atoms with van der Waals surface area (Å²) in [5.41, 5.74) is 2.07. The quantitative estimate of drug-likeness (QED) is 0.802. The minimum Gasteiger partial charge on any atom is -0.350 e. The summed E-state index contributed by atoms with van der Waals surface area (Å²) in [7, 11) is 0. The Morgan fingerprint density at radius 1 is 1.00 bits per heavy atom. The number of benzene rings is 1. The highest BCUT2D eigenvalue weighted by atomic mass is 16.2. The molecule has 5 heteroatoms. The number of hydrogen-bond donors (Lipinski definition) is 2. The van der Waals surface area contributed by atoms with E-state index in [1.807, 2.05) is 37.8 Å². The Morgan fingerprint density at radius 3 is 2.13 bits per heavy atom. The van der Waals surface area contributed by atoms with Crippen LogP contribution in [0.3, 0.4) is 0 Å². The Kier molecular flexibility index (Phi) is 4.55. The van der Waals surface area contributed by atoms with Crippen LogP contribution < -0.4 is 10.6 Å². The molecule has 2 N–H and O–H groups in total. The summed E-state index contributed by atoms with van der Waals surface area (Å²) in [6.07, 6.45) is 6.73. The van der Waals surface area contributed by atoms with Gasteiger partial charge in [0.1, 0.15) is 0 Å². The highest BCUT2D eigenvalue weighted by Crippen LogP contribution is 2.57. The third-order valence-corrected chi connectivity index (χ3v) is 7.93. The van der Waals surface area contributed by atoms with Gasteiger partial charge < -0.3 is 15.5 Å².